The number of carbonyl (C=O) groups excluding carboxylic acids is 1. The van der Waals surface area contributed by atoms with E-state index in [9.17, 15) is 14.7 Å². The minimum Gasteiger partial charge on any atom is -0.481 e. The number of carbonyl (C=O) groups is 2. The van der Waals surface area contributed by atoms with Crippen LogP contribution in [0.15, 0.2) is 24.3 Å². The SMILES string of the molecule is CC(CC(=O)NCC(C)(O)CC(=O)O)c1ccc(N)cc1. The first kappa shape index (κ1) is 17.0. The monoisotopic (exact) mass is 294 g/mol. The highest BCUT2D eigenvalue weighted by Crippen LogP contribution is 2.20. The van der Waals surface area contributed by atoms with Crippen molar-refractivity contribution in [2.45, 2.75) is 38.2 Å². The maximum Gasteiger partial charge on any atom is 0.306 e. The first-order valence-electron chi connectivity index (χ1n) is 6.76. The molecule has 1 aromatic carbocycles. The number of carboxylic acid groups (broad SMARTS) is 1. The van der Waals surface area contributed by atoms with Crippen molar-refractivity contribution < 1.29 is 19.8 Å². The summed E-state index contributed by atoms with van der Waals surface area (Å²) in [7, 11) is 0. The van der Waals surface area contributed by atoms with Crippen LogP contribution in [0.3, 0.4) is 0 Å². The van der Waals surface area contributed by atoms with Gasteiger partial charge in [-0.15, -0.1) is 0 Å². The van der Waals surface area contributed by atoms with Gasteiger partial charge in [0.15, 0.2) is 0 Å². The summed E-state index contributed by atoms with van der Waals surface area (Å²) in [5.74, 6) is -1.33. The third-order valence-electron chi connectivity index (χ3n) is 3.20. The summed E-state index contributed by atoms with van der Waals surface area (Å²) in [6.07, 6.45) is -0.159. The van der Waals surface area contributed by atoms with Crippen molar-refractivity contribution in [3.63, 3.8) is 0 Å². The maximum absolute atomic E-state index is 11.8. The van der Waals surface area contributed by atoms with Crippen molar-refractivity contribution >= 4 is 17.6 Å². The van der Waals surface area contributed by atoms with Gasteiger partial charge in [-0.2, -0.15) is 0 Å². The van der Waals surface area contributed by atoms with Gasteiger partial charge in [-0.3, -0.25) is 9.59 Å². The van der Waals surface area contributed by atoms with Crippen molar-refractivity contribution in [1.29, 1.82) is 0 Å². The number of nitrogens with one attached hydrogen (secondary N) is 1. The second kappa shape index (κ2) is 7.08. The summed E-state index contributed by atoms with van der Waals surface area (Å²) in [5, 5.41) is 21.0. The Hall–Kier alpha value is -2.08. The van der Waals surface area contributed by atoms with E-state index in [1.54, 1.807) is 12.1 Å². The quantitative estimate of drug-likeness (QED) is 0.563. The predicted molar refractivity (Wildman–Crippen MR) is 79.8 cm³/mol. The zero-order valence-corrected chi connectivity index (χ0v) is 12.3. The van der Waals surface area contributed by atoms with Gasteiger partial charge in [0.2, 0.25) is 5.91 Å². The van der Waals surface area contributed by atoms with Gasteiger partial charge in [0, 0.05) is 18.7 Å². The highest BCUT2D eigenvalue weighted by atomic mass is 16.4. The number of rotatable bonds is 7. The predicted octanol–water partition coefficient (Wildman–Crippen LogP) is 1.10. The molecule has 0 aromatic heterocycles. The van der Waals surface area contributed by atoms with Gasteiger partial charge in [0.05, 0.1) is 12.0 Å². The van der Waals surface area contributed by atoms with Crippen molar-refractivity contribution in [2.24, 2.45) is 0 Å². The number of aliphatic hydroxyl groups is 1. The van der Waals surface area contributed by atoms with Crippen molar-refractivity contribution in [3.8, 4) is 0 Å². The van der Waals surface area contributed by atoms with Gasteiger partial charge in [0.1, 0.15) is 0 Å². The highest BCUT2D eigenvalue weighted by molar-refractivity contribution is 5.77. The van der Waals surface area contributed by atoms with Crippen LogP contribution in [0.2, 0.25) is 0 Å². The third-order valence-corrected chi connectivity index (χ3v) is 3.20. The Bertz CT molecular complexity index is 497. The molecule has 0 bridgehead atoms. The van der Waals surface area contributed by atoms with E-state index in [2.05, 4.69) is 5.32 Å². The number of aliphatic carboxylic acids is 1. The molecule has 6 nitrogen and oxygen atoms in total. The van der Waals surface area contributed by atoms with Crippen molar-refractivity contribution in [2.75, 3.05) is 12.3 Å². The molecule has 0 fully saturated rings. The Morgan fingerprint density at radius 3 is 2.43 bits per heavy atom. The summed E-state index contributed by atoms with van der Waals surface area (Å²) < 4.78 is 0. The Morgan fingerprint density at radius 2 is 1.90 bits per heavy atom. The van der Waals surface area contributed by atoms with E-state index in [1.165, 1.54) is 6.92 Å². The van der Waals surface area contributed by atoms with Gasteiger partial charge >= 0.3 is 5.97 Å². The molecule has 2 unspecified atom stereocenters. The van der Waals surface area contributed by atoms with Crippen LogP contribution >= 0.6 is 0 Å². The molecule has 0 aliphatic heterocycles. The minimum atomic E-state index is -1.45. The molecule has 0 aliphatic carbocycles. The Balaban J connectivity index is 2.46. The summed E-state index contributed by atoms with van der Waals surface area (Å²) in [6, 6.07) is 7.30. The topological polar surface area (TPSA) is 113 Å². The zero-order valence-electron chi connectivity index (χ0n) is 12.3. The fourth-order valence-electron chi connectivity index (χ4n) is 1.97. The minimum absolute atomic E-state index is 0.00928. The fraction of sp³-hybridized carbons (Fsp3) is 0.467. The fourth-order valence-corrected chi connectivity index (χ4v) is 1.97. The van der Waals surface area contributed by atoms with E-state index in [0.717, 1.165) is 5.56 Å². The van der Waals surface area contributed by atoms with Crippen LogP contribution < -0.4 is 11.1 Å². The number of carboxylic acids is 1. The van der Waals surface area contributed by atoms with E-state index >= 15 is 0 Å². The van der Waals surface area contributed by atoms with E-state index < -0.39 is 18.0 Å². The molecule has 116 valence electrons. The van der Waals surface area contributed by atoms with Crippen LogP contribution in [-0.4, -0.2) is 34.2 Å². The van der Waals surface area contributed by atoms with Gasteiger partial charge < -0.3 is 21.3 Å². The Morgan fingerprint density at radius 1 is 1.33 bits per heavy atom. The van der Waals surface area contributed by atoms with Gasteiger partial charge in [-0.05, 0) is 30.5 Å². The molecule has 21 heavy (non-hydrogen) atoms. The normalized spacial score (nSPS) is 15.0. The van der Waals surface area contributed by atoms with E-state index in [4.69, 9.17) is 10.8 Å². The highest BCUT2D eigenvalue weighted by Gasteiger charge is 2.25. The molecular formula is C15H22N2O4. The van der Waals surface area contributed by atoms with Crippen molar-refractivity contribution in [1.82, 2.24) is 5.32 Å². The molecule has 0 saturated carbocycles. The second-order valence-corrected chi connectivity index (χ2v) is 5.62. The molecule has 0 radical (unpaired) electrons. The molecule has 0 spiro atoms. The van der Waals surface area contributed by atoms with E-state index in [-0.39, 0.29) is 24.8 Å². The zero-order chi connectivity index (χ0) is 16.0. The standard InChI is InChI=1S/C15H22N2O4/c1-10(11-3-5-12(16)6-4-11)7-13(18)17-9-15(2,21)8-14(19)20/h3-6,10,21H,7-9,16H2,1-2H3,(H,17,18)(H,19,20). The second-order valence-electron chi connectivity index (χ2n) is 5.62. The van der Waals surface area contributed by atoms with Crippen LogP contribution in [0, 0.1) is 0 Å². The lowest BCUT2D eigenvalue weighted by molar-refractivity contribution is -0.142. The molecule has 0 saturated heterocycles. The van der Waals surface area contributed by atoms with Crippen LogP contribution in [0.5, 0.6) is 0 Å². The first-order chi connectivity index (χ1) is 9.69. The van der Waals surface area contributed by atoms with Crippen molar-refractivity contribution in [3.05, 3.63) is 29.8 Å². The number of anilines is 1. The summed E-state index contributed by atoms with van der Waals surface area (Å²) in [5.41, 5.74) is 5.82. The molecule has 0 heterocycles. The molecular weight excluding hydrogens is 272 g/mol. The lowest BCUT2D eigenvalue weighted by Gasteiger charge is -2.22. The number of benzene rings is 1. The smallest absolute Gasteiger partial charge is 0.306 e. The van der Waals surface area contributed by atoms with Crippen LogP contribution in [0.1, 0.15) is 38.2 Å². The van der Waals surface area contributed by atoms with Crippen LogP contribution in [-0.2, 0) is 9.59 Å². The molecule has 2 atom stereocenters. The average molecular weight is 294 g/mol. The number of hydrogen-bond acceptors (Lipinski definition) is 4. The van der Waals surface area contributed by atoms with Gasteiger partial charge in [-0.25, -0.2) is 0 Å². The largest absolute Gasteiger partial charge is 0.481 e. The first-order valence-corrected chi connectivity index (χ1v) is 6.76. The number of nitrogen functional groups attached to an aromatic ring is 1. The molecule has 5 N–H and O–H groups in total. The molecule has 1 aromatic rings. The Labute approximate surface area is 124 Å². The summed E-state index contributed by atoms with van der Waals surface area (Å²) >= 11 is 0. The number of amides is 1. The van der Waals surface area contributed by atoms with Gasteiger partial charge in [0.25, 0.3) is 0 Å². The maximum atomic E-state index is 11.8. The van der Waals surface area contributed by atoms with E-state index in [0.29, 0.717) is 5.69 Å². The number of hydrogen-bond donors (Lipinski definition) is 4. The lowest BCUT2D eigenvalue weighted by Crippen LogP contribution is -2.42. The summed E-state index contributed by atoms with van der Waals surface area (Å²) in [4.78, 5) is 22.4. The molecule has 6 heteroatoms. The lowest BCUT2D eigenvalue weighted by atomic mass is 9.97. The Kier molecular flexibility index (Phi) is 5.72. The van der Waals surface area contributed by atoms with E-state index in [1.807, 2.05) is 19.1 Å². The molecule has 1 rings (SSSR count). The van der Waals surface area contributed by atoms with Gasteiger partial charge in [-0.1, -0.05) is 19.1 Å². The summed E-state index contributed by atoms with van der Waals surface area (Å²) in [6.45, 7) is 3.21. The molecule has 1 amide bonds. The molecule has 0 aliphatic rings. The third kappa shape index (κ3) is 6.27. The van der Waals surface area contributed by atoms with Crippen LogP contribution in [0.4, 0.5) is 5.69 Å². The average Bonchev–Trinajstić information content (AvgIpc) is 2.36. The van der Waals surface area contributed by atoms with Crippen LogP contribution in [0.25, 0.3) is 0 Å². The number of nitrogens with two attached hydrogens (primary N) is 1.